The average Bonchev–Trinajstić information content (AvgIpc) is 3.01. The molecule has 31 heavy (non-hydrogen) atoms. The number of ether oxygens (including phenoxy) is 2. The zero-order valence-electron chi connectivity index (χ0n) is 18.0. The van der Waals surface area contributed by atoms with E-state index in [9.17, 15) is 19.1 Å². The molecule has 6 nitrogen and oxygen atoms in total. The van der Waals surface area contributed by atoms with E-state index in [2.05, 4.69) is 13.8 Å². The quantitative estimate of drug-likeness (QED) is 0.410. The fourth-order valence-electron chi connectivity index (χ4n) is 3.72. The molecule has 1 heterocycles. The van der Waals surface area contributed by atoms with E-state index in [1.165, 1.54) is 31.3 Å². The number of aliphatic hydroxyl groups excluding tert-OH is 1. The number of hydrogen-bond donors (Lipinski definition) is 1. The van der Waals surface area contributed by atoms with Gasteiger partial charge in [-0.25, -0.2) is 4.39 Å². The number of hydrogen-bond acceptors (Lipinski definition) is 5. The van der Waals surface area contributed by atoms with Crippen molar-refractivity contribution in [1.82, 2.24) is 4.90 Å². The maximum atomic E-state index is 13.9. The molecule has 3 rings (SSSR count). The van der Waals surface area contributed by atoms with Crippen molar-refractivity contribution >= 4 is 17.4 Å². The molecule has 1 N–H and O–H groups in total. The van der Waals surface area contributed by atoms with Gasteiger partial charge >= 0.3 is 0 Å². The van der Waals surface area contributed by atoms with Crippen LogP contribution in [-0.4, -0.2) is 49.1 Å². The predicted octanol–water partition coefficient (Wildman–Crippen LogP) is 4.03. The molecule has 0 bridgehead atoms. The van der Waals surface area contributed by atoms with Crippen molar-refractivity contribution in [2.45, 2.75) is 25.8 Å². The molecule has 1 amide bonds. The lowest BCUT2D eigenvalue weighted by Crippen LogP contribution is -2.32. The summed E-state index contributed by atoms with van der Waals surface area (Å²) in [6.45, 7) is 4.51. The monoisotopic (exact) mass is 427 g/mol. The van der Waals surface area contributed by atoms with Gasteiger partial charge in [0.05, 0.1) is 30.9 Å². The van der Waals surface area contributed by atoms with Crippen LogP contribution in [0.2, 0.25) is 0 Å². The van der Waals surface area contributed by atoms with E-state index in [0.717, 1.165) is 11.6 Å². The van der Waals surface area contributed by atoms with Crippen LogP contribution in [0.3, 0.4) is 0 Å². The number of rotatable bonds is 7. The molecular formula is C24H26FNO5. The number of Topliss-reactive ketones (excluding diaryl/α,β-unsaturated/α-hetero) is 1. The van der Waals surface area contributed by atoms with Gasteiger partial charge in [0.2, 0.25) is 0 Å². The van der Waals surface area contributed by atoms with Crippen LogP contribution in [0.4, 0.5) is 4.39 Å². The van der Waals surface area contributed by atoms with Crippen LogP contribution in [0.25, 0.3) is 5.76 Å². The first-order valence-electron chi connectivity index (χ1n) is 10.0. The lowest BCUT2D eigenvalue weighted by Gasteiger charge is -2.25. The smallest absolute Gasteiger partial charge is 0.295 e. The molecule has 1 aliphatic heterocycles. The summed E-state index contributed by atoms with van der Waals surface area (Å²) < 4.78 is 24.2. The highest BCUT2D eigenvalue weighted by atomic mass is 19.1. The first-order valence-corrected chi connectivity index (χ1v) is 10.0. The van der Waals surface area contributed by atoms with Crippen LogP contribution >= 0.6 is 0 Å². The standard InChI is InChI=1S/C24H26FNO5/c1-14(2)15-5-7-16(8-6-15)21-20(23(28)24(29)26(21)11-12-30-3)22(27)18-13-17(25)9-10-19(18)31-4/h5-10,13-14,21,27H,11-12H2,1-4H3/b22-20+. The molecule has 2 aromatic rings. The second-order valence-corrected chi connectivity index (χ2v) is 7.65. The van der Waals surface area contributed by atoms with Gasteiger partial charge in [-0.1, -0.05) is 38.1 Å². The Morgan fingerprint density at radius 2 is 1.81 bits per heavy atom. The zero-order valence-corrected chi connectivity index (χ0v) is 18.0. The van der Waals surface area contributed by atoms with Crippen molar-refractivity contribution in [3.05, 3.63) is 70.5 Å². The number of nitrogens with zero attached hydrogens (tertiary/aromatic N) is 1. The second kappa shape index (κ2) is 9.31. The van der Waals surface area contributed by atoms with Gasteiger partial charge in [0, 0.05) is 13.7 Å². The molecule has 1 saturated heterocycles. The third-order valence-electron chi connectivity index (χ3n) is 5.41. The molecule has 7 heteroatoms. The molecule has 0 aliphatic carbocycles. The maximum absolute atomic E-state index is 13.9. The van der Waals surface area contributed by atoms with Crippen LogP contribution < -0.4 is 4.74 Å². The largest absolute Gasteiger partial charge is 0.507 e. The Kier molecular flexibility index (Phi) is 6.75. The highest BCUT2D eigenvalue weighted by molar-refractivity contribution is 6.46. The van der Waals surface area contributed by atoms with Gasteiger partial charge in [-0.2, -0.15) is 0 Å². The minimum atomic E-state index is -0.835. The van der Waals surface area contributed by atoms with Gasteiger partial charge in [0.1, 0.15) is 17.3 Å². The van der Waals surface area contributed by atoms with Gasteiger partial charge in [-0.3, -0.25) is 9.59 Å². The summed E-state index contributed by atoms with van der Waals surface area (Å²) in [6, 6.07) is 10.3. The summed E-state index contributed by atoms with van der Waals surface area (Å²) in [5.41, 5.74) is 1.67. The summed E-state index contributed by atoms with van der Waals surface area (Å²) in [4.78, 5) is 27.1. The van der Waals surface area contributed by atoms with E-state index in [1.54, 1.807) is 0 Å². The number of methoxy groups -OCH3 is 2. The molecule has 1 atom stereocenters. The topological polar surface area (TPSA) is 76.1 Å². The maximum Gasteiger partial charge on any atom is 0.295 e. The molecule has 0 radical (unpaired) electrons. The average molecular weight is 427 g/mol. The Hall–Kier alpha value is -3.19. The zero-order chi connectivity index (χ0) is 22.7. The van der Waals surface area contributed by atoms with Gasteiger partial charge in [0.15, 0.2) is 0 Å². The van der Waals surface area contributed by atoms with Gasteiger partial charge in [-0.05, 0) is 35.2 Å². The Bertz CT molecular complexity index is 1010. The number of ketones is 1. The molecule has 164 valence electrons. The SMILES string of the molecule is COCCN1C(=O)C(=O)/C(=C(/O)c2cc(F)ccc2OC)C1c1ccc(C(C)C)cc1. The van der Waals surface area contributed by atoms with Crippen molar-refractivity contribution in [3.8, 4) is 5.75 Å². The highest BCUT2D eigenvalue weighted by Gasteiger charge is 2.46. The number of halogens is 1. The lowest BCUT2D eigenvalue weighted by molar-refractivity contribution is -0.140. The number of carbonyl (C=O) groups excluding carboxylic acids is 2. The van der Waals surface area contributed by atoms with E-state index in [1.807, 2.05) is 24.3 Å². The van der Waals surface area contributed by atoms with Gasteiger partial charge in [0.25, 0.3) is 11.7 Å². The van der Waals surface area contributed by atoms with Crippen molar-refractivity contribution in [2.24, 2.45) is 0 Å². The van der Waals surface area contributed by atoms with Crippen molar-refractivity contribution in [2.75, 3.05) is 27.4 Å². The molecule has 1 fully saturated rings. The summed E-state index contributed by atoms with van der Waals surface area (Å²) in [6.07, 6.45) is 0. The Labute approximate surface area is 180 Å². The second-order valence-electron chi connectivity index (χ2n) is 7.65. The van der Waals surface area contributed by atoms with Crippen molar-refractivity contribution < 1.29 is 28.6 Å². The molecular weight excluding hydrogens is 401 g/mol. The Morgan fingerprint density at radius 3 is 2.39 bits per heavy atom. The predicted molar refractivity (Wildman–Crippen MR) is 114 cm³/mol. The first kappa shape index (κ1) is 22.5. The van der Waals surface area contributed by atoms with E-state index in [-0.39, 0.29) is 30.0 Å². The molecule has 0 aromatic heterocycles. The highest BCUT2D eigenvalue weighted by Crippen LogP contribution is 2.41. The van der Waals surface area contributed by atoms with E-state index >= 15 is 0 Å². The van der Waals surface area contributed by atoms with E-state index in [4.69, 9.17) is 9.47 Å². The van der Waals surface area contributed by atoms with Crippen molar-refractivity contribution in [1.29, 1.82) is 0 Å². The summed E-state index contributed by atoms with van der Waals surface area (Å²) in [5, 5.41) is 11.1. The Balaban J connectivity index is 2.20. The Morgan fingerprint density at radius 1 is 1.13 bits per heavy atom. The summed E-state index contributed by atoms with van der Waals surface area (Å²) in [5.74, 6) is -2.16. The number of amides is 1. The van der Waals surface area contributed by atoms with Crippen LogP contribution in [0.15, 0.2) is 48.0 Å². The van der Waals surface area contributed by atoms with Crippen LogP contribution in [-0.2, 0) is 14.3 Å². The minimum absolute atomic E-state index is 0.0102. The summed E-state index contributed by atoms with van der Waals surface area (Å²) in [7, 11) is 2.88. The molecule has 2 aromatic carbocycles. The van der Waals surface area contributed by atoms with E-state index < -0.39 is 29.3 Å². The molecule has 1 aliphatic rings. The molecule has 0 saturated carbocycles. The normalized spacial score (nSPS) is 18.1. The van der Waals surface area contributed by atoms with Crippen LogP contribution in [0.5, 0.6) is 5.75 Å². The number of benzene rings is 2. The van der Waals surface area contributed by atoms with Crippen molar-refractivity contribution in [3.63, 3.8) is 0 Å². The van der Waals surface area contributed by atoms with Crippen LogP contribution in [0.1, 0.15) is 42.5 Å². The summed E-state index contributed by atoms with van der Waals surface area (Å²) >= 11 is 0. The number of carbonyl (C=O) groups is 2. The van der Waals surface area contributed by atoms with Crippen LogP contribution in [0, 0.1) is 5.82 Å². The minimum Gasteiger partial charge on any atom is -0.507 e. The fraction of sp³-hybridized carbons (Fsp3) is 0.333. The fourth-order valence-corrected chi connectivity index (χ4v) is 3.72. The molecule has 1 unspecified atom stereocenters. The third-order valence-corrected chi connectivity index (χ3v) is 5.41. The first-order chi connectivity index (χ1) is 14.8. The third kappa shape index (κ3) is 4.32. The van der Waals surface area contributed by atoms with E-state index in [0.29, 0.717) is 11.5 Å². The van der Waals surface area contributed by atoms with Gasteiger partial charge in [-0.15, -0.1) is 0 Å². The number of likely N-dealkylation sites (tertiary alicyclic amines) is 1. The lowest BCUT2D eigenvalue weighted by atomic mass is 9.93. The van der Waals surface area contributed by atoms with Gasteiger partial charge < -0.3 is 19.5 Å². The molecule has 0 spiro atoms. The number of aliphatic hydroxyl groups is 1.